The van der Waals surface area contributed by atoms with Crippen LogP contribution in [0.2, 0.25) is 10.2 Å². The van der Waals surface area contributed by atoms with Gasteiger partial charge in [-0.25, -0.2) is 4.79 Å². The Morgan fingerprint density at radius 1 is 1.41 bits per heavy atom. The molecule has 0 spiro atoms. The molecule has 1 aromatic rings. The number of rotatable bonds is 4. The predicted octanol–water partition coefficient (Wildman–Crippen LogP) is 2.16. The minimum Gasteiger partial charge on any atom is -0.480 e. The smallest absolute Gasteiger partial charge is 0.326 e. The van der Waals surface area contributed by atoms with Gasteiger partial charge in [-0.05, 0) is 12.0 Å². The van der Waals surface area contributed by atoms with Crippen LogP contribution in [0.15, 0.2) is 6.07 Å². The summed E-state index contributed by atoms with van der Waals surface area (Å²) in [7, 11) is 0. The molecule has 1 atom stereocenters. The maximum absolute atomic E-state index is 11.7. The van der Waals surface area contributed by atoms with Gasteiger partial charge in [0.1, 0.15) is 16.9 Å². The van der Waals surface area contributed by atoms with Crippen LogP contribution in [0.1, 0.15) is 24.3 Å². The lowest BCUT2D eigenvalue weighted by atomic mass is 10.0. The number of aromatic nitrogens is 1. The van der Waals surface area contributed by atoms with E-state index in [-0.39, 0.29) is 21.8 Å². The topological polar surface area (TPSA) is 82.2 Å². The molecule has 1 amide bonds. The highest BCUT2D eigenvalue weighted by Gasteiger charge is 2.24. The number of carbonyl (C=O) groups is 2. The average molecular weight is 279 g/mol. The van der Waals surface area contributed by atoms with Crippen LogP contribution in [0.25, 0.3) is 0 Å². The first-order valence-electron chi connectivity index (χ1n) is 4.90. The van der Waals surface area contributed by atoms with Gasteiger partial charge in [0.15, 0.2) is 0 Å². The molecular formula is C10H12Cl2N2O3. The quantitative estimate of drug-likeness (QED) is 0.789. The Morgan fingerprint density at radius 2 is 2.00 bits per heavy atom. The van der Waals surface area contributed by atoms with Crippen molar-refractivity contribution in [3.63, 3.8) is 0 Å². The Kier molecular flexibility index (Phi) is 4.42. The number of hydrogen-bond donors (Lipinski definition) is 3. The van der Waals surface area contributed by atoms with Crippen LogP contribution in [0, 0.1) is 5.92 Å². The Bertz CT molecular complexity index is 423. The third-order valence-electron chi connectivity index (χ3n) is 2.19. The van der Waals surface area contributed by atoms with Crippen LogP contribution < -0.4 is 5.32 Å². The SMILES string of the molecule is CC(C)[C@H](NC(=O)c1cc(Cl)c(Cl)[nH]1)C(=O)O. The van der Waals surface area contributed by atoms with E-state index in [2.05, 4.69) is 10.3 Å². The molecule has 5 nitrogen and oxygen atoms in total. The average Bonchev–Trinajstić information content (AvgIpc) is 2.54. The van der Waals surface area contributed by atoms with Crippen LogP contribution >= 0.6 is 23.2 Å². The van der Waals surface area contributed by atoms with Crippen LogP contribution in [-0.2, 0) is 4.79 Å². The predicted molar refractivity (Wildman–Crippen MR) is 64.5 cm³/mol. The van der Waals surface area contributed by atoms with E-state index in [1.54, 1.807) is 13.8 Å². The van der Waals surface area contributed by atoms with Crippen molar-refractivity contribution < 1.29 is 14.7 Å². The molecule has 0 saturated heterocycles. The fourth-order valence-corrected chi connectivity index (χ4v) is 1.57. The lowest BCUT2D eigenvalue weighted by molar-refractivity contribution is -0.140. The molecule has 0 aromatic carbocycles. The molecule has 0 saturated carbocycles. The Labute approximate surface area is 108 Å². The minimum absolute atomic E-state index is 0.131. The second-order valence-corrected chi connectivity index (χ2v) is 4.66. The van der Waals surface area contributed by atoms with Gasteiger partial charge in [0.05, 0.1) is 5.02 Å². The van der Waals surface area contributed by atoms with E-state index < -0.39 is 17.9 Å². The van der Waals surface area contributed by atoms with E-state index in [1.807, 2.05) is 0 Å². The molecule has 1 aromatic heterocycles. The molecule has 0 aliphatic rings. The maximum atomic E-state index is 11.7. The van der Waals surface area contributed by atoms with Crippen molar-refractivity contribution in [1.82, 2.24) is 10.3 Å². The molecule has 1 rings (SSSR count). The zero-order valence-corrected chi connectivity index (χ0v) is 10.8. The molecule has 0 radical (unpaired) electrons. The van der Waals surface area contributed by atoms with E-state index >= 15 is 0 Å². The first-order chi connectivity index (χ1) is 7.82. The number of aromatic amines is 1. The molecule has 3 N–H and O–H groups in total. The summed E-state index contributed by atoms with van der Waals surface area (Å²) in [6.07, 6.45) is 0. The summed E-state index contributed by atoms with van der Waals surface area (Å²) in [5.74, 6) is -1.87. The van der Waals surface area contributed by atoms with Gasteiger partial charge in [-0.2, -0.15) is 0 Å². The molecule has 1 heterocycles. The zero-order valence-electron chi connectivity index (χ0n) is 9.25. The third-order valence-corrected chi connectivity index (χ3v) is 2.88. The number of carboxylic acid groups (broad SMARTS) is 1. The number of carboxylic acids is 1. The number of halogens is 2. The second-order valence-electron chi connectivity index (χ2n) is 3.88. The van der Waals surface area contributed by atoms with Crippen LogP contribution in [0.3, 0.4) is 0 Å². The summed E-state index contributed by atoms with van der Waals surface area (Å²) in [6.45, 7) is 3.40. The number of aliphatic carboxylic acids is 1. The Hall–Kier alpha value is -1.20. The number of hydrogen-bond acceptors (Lipinski definition) is 2. The van der Waals surface area contributed by atoms with E-state index in [9.17, 15) is 9.59 Å². The minimum atomic E-state index is -1.09. The van der Waals surface area contributed by atoms with Gasteiger partial charge < -0.3 is 15.4 Å². The molecule has 7 heteroatoms. The van der Waals surface area contributed by atoms with Crippen molar-refractivity contribution >= 4 is 35.1 Å². The molecule has 0 bridgehead atoms. The van der Waals surface area contributed by atoms with Crippen molar-refractivity contribution in [3.05, 3.63) is 21.9 Å². The summed E-state index contributed by atoms with van der Waals surface area (Å²) in [5.41, 5.74) is 0.131. The van der Waals surface area contributed by atoms with Gasteiger partial charge in [-0.15, -0.1) is 0 Å². The highest BCUT2D eigenvalue weighted by Crippen LogP contribution is 2.21. The lowest BCUT2D eigenvalue weighted by Gasteiger charge is -2.17. The Balaban J connectivity index is 2.81. The Morgan fingerprint density at radius 3 is 2.35 bits per heavy atom. The summed E-state index contributed by atoms with van der Waals surface area (Å²) in [5, 5.41) is 11.7. The first-order valence-corrected chi connectivity index (χ1v) is 5.66. The first kappa shape index (κ1) is 13.9. The molecule has 0 unspecified atom stereocenters. The lowest BCUT2D eigenvalue weighted by Crippen LogP contribution is -2.44. The standard InChI is InChI=1S/C10H12Cl2N2O3/c1-4(2)7(10(16)17)14-9(15)6-3-5(11)8(12)13-6/h3-4,7,13H,1-2H3,(H,14,15)(H,16,17)/t7-/m0/s1. The summed E-state index contributed by atoms with van der Waals surface area (Å²) >= 11 is 11.3. The molecule has 17 heavy (non-hydrogen) atoms. The van der Waals surface area contributed by atoms with Gasteiger partial charge in [0.25, 0.3) is 5.91 Å². The molecular weight excluding hydrogens is 267 g/mol. The van der Waals surface area contributed by atoms with E-state index in [0.29, 0.717) is 0 Å². The molecule has 0 aliphatic carbocycles. The summed E-state index contributed by atoms with van der Waals surface area (Å²) in [6, 6.07) is 0.390. The normalized spacial score (nSPS) is 12.5. The molecule has 94 valence electrons. The van der Waals surface area contributed by atoms with E-state index in [4.69, 9.17) is 28.3 Å². The zero-order chi connectivity index (χ0) is 13.2. The largest absolute Gasteiger partial charge is 0.480 e. The number of carbonyl (C=O) groups excluding carboxylic acids is 1. The number of H-pyrrole nitrogens is 1. The van der Waals surface area contributed by atoms with Gasteiger partial charge in [-0.3, -0.25) is 4.79 Å². The van der Waals surface area contributed by atoms with Crippen molar-refractivity contribution in [3.8, 4) is 0 Å². The summed E-state index contributed by atoms with van der Waals surface area (Å²) < 4.78 is 0. The van der Waals surface area contributed by atoms with Crippen LogP contribution in [-0.4, -0.2) is 28.0 Å². The van der Waals surface area contributed by atoms with E-state index in [0.717, 1.165) is 0 Å². The van der Waals surface area contributed by atoms with Gasteiger partial charge in [0.2, 0.25) is 0 Å². The second kappa shape index (κ2) is 5.42. The van der Waals surface area contributed by atoms with Gasteiger partial charge >= 0.3 is 5.97 Å². The number of nitrogens with one attached hydrogen (secondary N) is 2. The fraction of sp³-hybridized carbons (Fsp3) is 0.400. The van der Waals surface area contributed by atoms with E-state index in [1.165, 1.54) is 6.07 Å². The van der Waals surface area contributed by atoms with Crippen molar-refractivity contribution in [2.24, 2.45) is 5.92 Å². The van der Waals surface area contributed by atoms with Crippen molar-refractivity contribution in [2.45, 2.75) is 19.9 Å². The number of amides is 1. The van der Waals surface area contributed by atoms with Crippen LogP contribution in [0.5, 0.6) is 0 Å². The van der Waals surface area contributed by atoms with Gasteiger partial charge in [0, 0.05) is 0 Å². The maximum Gasteiger partial charge on any atom is 0.326 e. The van der Waals surface area contributed by atoms with Crippen molar-refractivity contribution in [1.29, 1.82) is 0 Å². The highest BCUT2D eigenvalue weighted by atomic mass is 35.5. The molecule has 0 aliphatic heterocycles. The molecule has 0 fully saturated rings. The van der Waals surface area contributed by atoms with Crippen LogP contribution in [0.4, 0.5) is 0 Å². The third kappa shape index (κ3) is 3.38. The highest BCUT2D eigenvalue weighted by molar-refractivity contribution is 6.41. The monoisotopic (exact) mass is 278 g/mol. The van der Waals surface area contributed by atoms with Crippen molar-refractivity contribution in [2.75, 3.05) is 0 Å². The van der Waals surface area contributed by atoms with Gasteiger partial charge in [-0.1, -0.05) is 37.0 Å². The fourth-order valence-electron chi connectivity index (χ4n) is 1.26. The summed E-state index contributed by atoms with van der Waals surface area (Å²) in [4.78, 5) is 25.2.